The van der Waals surface area contributed by atoms with Crippen LogP contribution >= 0.6 is 0 Å². The average Bonchev–Trinajstić information content (AvgIpc) is 1.90. The Kier molecular flexibility index (Phi) is 4.05. The average molecular weight is 245 g/mol. The smallest absolute Gasteiger partial charge is 0.169 e. The van der Waals surface area contributed by atoms with E-state index in [1.807, 2.05) is 36.1 Å². The van der Waals surface area contributed by atoms with Crippen LogP contribution in [0.15, 0.2) is 24.5 Å². The van der Waals surface area contributed by atoms with E-state index in [1.165, 1.54) is 0 Å². The van der Waals surface area contributed by atoms with Crippen molar-refractivity contribution in [3.8, 4) is 12.3 Å². The maximum atomic E-state index is 5.14. The Morgan fingerprint density at radius 2 is 1.90 bits per heavy atom. The van der Waals surface area contributed by atoms with E-state index >= 15 is 0 Å². The molecule has 0 radical (unpaired) electrons. The summed E-state index contributed by atoms with van der Waals surface area (Å²) in [4.78, 5) is 0. The molecule has 0 spiro atoms. The Hall–Kier alpha value is -0.560. The second kappa shape index (κ2) is 4.29. The van der Waals surface area contributed by atoms with Crippen LogP contribution in [-0.4, -0.2) is 0 Å². The normalized spacial score (nSPS) is 7.60. The molecular formula is C8H8IN. The molecular weight excluding hydrogens is 237 g/mol. The lowest BCUT2D eigenvalue weighted by molar-refractivity contribution is -0.671. The minimum absolute atomic E-state index is 0. The molecule has 1 aromatic heterocycles. The summed E-state index contributed by atoms with van der Waals surface area (Å²) in [5, 5.41) is 0. The van der Waals surface area contributed by atoms with Gasteiger partial charge in [-0.15, -0.1) is 6.42 Å². The van der Waals surface area contributed by atoms with Crippen LogP contribution < -0.4 is 28.5 Å². The third-order valence-corrected chi connectivity index (χ3v) is 1.15. The molecule has 0 bridgehead atoms. The number of terminal acetylenes is 1. The van der Waals surface area contributed by atoms with Crippen molar-refractivity contribution in [2.45, 2.75) is 0 Å². The van der Waals surface area contributed by atoms with Crippen molar-refractivity contribution in [2.75, 3.05) is 0 Å². The predicted molar refractivity (Wildman–Crippen MR) is 35.6 cm³/mol. The van der Waals surface area contributed by atoms with Gasteiger partial charge in [-0.2, -0.15) is 0 Å². The van der Waals surface area contributed by atoms with Crippen LogP contribution in [0.1, 0.15) is 5.56 Å². The lowest BCUT2D eigenvalue weighted by Crippen LogP contribution is -3.00. The van der Waals surface area contributed by atoms with Gasteiger partial charge in [-0.05, 0) is 0 Å². The van der Waals surface area contributed by atoms with E-state index in [1.54, 1.807) is 0 Å². The van der Waals surface area contributed by atoms with Gasteiger partial charge in [0.05, 0.1) is 0 Å². The van der Waals surface area contributed by atoms with Crippen LogP contribution in [0.5, 0.6) is 0 Å². The van der Waals surface area contributed by atoms with Crippen molar-refractivity contribution in [1.29, 1.82) is 0 Å². The van der Waals surface area contributed by atoms with Crippen LogP contribution in [-0.2, 0) is 7.05 Å². The number of halogens is 1. The fraction of sp³-hybridized carbons (Fsp3) is 0.125. The SMILES string of the molecule is C#Cc1cc[n+](C)cc1.[I-]. The Balaban J connectivity index is 0.000000810. The van der Waals surface area contributed by atoms with Gasteiger partial charge in [0.1, 0.15) is 7.05 Å². The summed E-state index contributed by atoms with van der Waals surface area (Å²) >= 11 is 0. The maximum absolute atomic E-state index is 5.14. The number of aryl methyl sites for hydroxylation is 1. The van der Waals surface area contributed by atoms with E-state index in [-0.39, 0.29) is 24.0 Å². The van der Waals surface area contributed by atoms with Gasteiger partial charge in [0.15, 0.2) is 12.4 Å². The van der Waals surface area contributed by atoms with Gasteiger partial charge in [0.2, 0.25) is 0 Å². The fourth-order valence-electron chi connectivity index (χ4n) is 0.597. The van der Waals surface area contributed by atoms with E-state index in [4.69, 9.17) is 6.42 Å². The van der Waals surface area contributed by atoms with Crippen LogP contribution in [0.25, 0.3) is 0 Å². The van der Waals surface area contributed by atoms with E-state index in [9.17, 15) is 0 Å². The lowest BCUT2D eigenvalue weighted by atomic mass is 10.3. The van der Waals surface area contributed by atoms with Crippen LogP contribution in [0, 0.1) is 12.3 Å². The highest BCUT2D eigenvalue weighted by Crippen LogP contribution is 1.88. The summed E-state index contributed by atoms with van der Waals surface area (Å²) in [6, 6.07) is 3.81. The first-order valence-electron chi connectivity index (χ1n) is 2.75. The summed E-state index contributed by atoms with van der Waals surface area (Å²) in [6.45, 7) is 0. The second-order valence-electron chi connectivity index (χ2n) is 1.90. The molecule has 0 aliphatic carbocycles. The molecule has 0 fully saturated rings. The van der Waals surface area contributed by atoms with Crippen molar-refractivity contribution in [2.24, 2.45) is 7.05 Å². The summed E-state index contributed by atoms with van der Waals surface area (Å²) in [5.74, 6) is 2.54. The quantitative estimate of drug-likeness (QED) is 0.270. The highest BCUT2D eigenvalue weighted by atomic mass is 127. The van der Waals surface area contributed by atoms with Gasteiger partial charge < -0.3 is 24.0 Å². The van der Waals surface area contributed by atoms with Crippen molar-refractivity contribution in [3.05, 3.63) is 30.1 Å². The van der Waals surface area contributed by atoms with Crippen molar-refractivity contribution < 1.29 is 28.5 Å². The zero-order valence-electron chi connectivity index (χ0n) is 5.71. The Morgan fingerprint density at radius 3 is 2.30 bits per heavy atom. The molecule has 1 aromatic rings. The molecule has 1 rings (SSSR count). The van der Waals surface area contributed by atoms with Crippen LogP contribution in [0.4, 0.5) is 0 Å². The number of hydrogen-bond acceptors (Lipinski definition) is 0. The molecule has 1 heterocycles. The minimum Gasteiger partial charge on any atom is -1.00 e. The molecule has 0 N–H and O–H groups in total. The highest BCUT2D eigenvalue weighted by molar-refractivity contribution is 5.27. The molecule has 0 saturated carbocycles. The number of hydrogen-bond donors (Lipinski definition) is 0. The van der Waals surface area contributed by atoms with Crippen LogP contribution in [0.2, 0.25) is 0 Å². The van der Waals surface area contributed by atoms with Gasteiger partial charge >= 0.3 is 0 Å². The zero-order valence-corrected chi connectivity index (χ0v) is 7.87. The lowest BCUT2D eigenvalue weighted by Gasteiger charge is -1.84. The van der Waals surface area contributed by atoms with Gasteiger partial charge in [0.25, 0.3) is 0 Å². The second-order valence-corrected chi connectivity index (χ2v) is 1.90. The van der Waals surface area contributed by atoms with Gasteiger partial charge in [-0.25, -0.2) is 4.57 Å². The van der Waals surface area contributed by atoms with Gasteiger partial charge in [0, 0.05) is 17.7 Å². The molecule has 0 saturated heterocycles. The summed E-state index contributed by atoms with van der Waals surface area (Å²) in [6.07, 6.45) is 8.99. The highest BCUT2D eigenvalue weighted by Gasteiger charge is 1.88. The number of rotatable bonds is 0. The Bertz CT molecular complexity index is 232. The first-order chi connectivity index (χ1) is 4.33. The molecule has 0 aliphatic rings. The third-order valence-electron chi connectivity index (χ3n) is 1.15. The van der Waals surface area contributed by atoms with Gasteiger partial charge in [-0.3, -0.25) is 0 Å². The maximum Gasteiger partial charge on any atom is 0.169 e. The molecule has 2 heteroatoms. The topological polar surface area (TPSA) is 3.88 Å². The standard InChI is InChI=1S/C8H8N.HI/c1-3-8-4-6-9(2)7-5-8;/h1,4-7H,2H3;1H/q+1;/p-1. The summed E-state index contributed by atoms with van der Waals surface area (Å²) in [5.41, 5.74) is 0.924. The summed E-state index contributed by atoms with van der Waals surface area (Å²) in [7, 11) is 1.96. The number of nitrogens with zero attached hydrogens (tertiary/aromatic N) is 1. The van der Waals surface area contributed by atoms with E-state index in [2.05, 4.69) is 5.92 Å². The molecule has 52 valence electrons. The first kappa shape index (κ1) is 9.44. The third kappa shape index (κ3) is 2.36. The molecule has 0 atom stereocenters. The largest absolute Gasteiger partial charge is 1.00 e. The predicted octanol–water partition coefficient (Wildman–Crippen LogP) is -2.50. The molecule has 1 nitrogen and oxygen atoms in total. The van der Waals surface area contributed by atoms with Crippen LogP contribution in [0.3, 0.4) is 0 Å². The Labute approximate surface area is 78.1 Å². The Morgan fingerprint density at radius 1 is 1.40 bits per heavy atom. The van der Waals surface area contributed by atoms with Crippen molar-refractivity contribution >= 4 is 0 Å². The van der Waals surface area contributed by atoms with Crippen molar-refractivity contribution in [1.82, 2.24) is 0 Å². The first-order valence-corrected chi connectivity index (χ1v) is 2.75. The summed E-state index contributed by atoms with van der Waals surface area (Å²) < 4.78 is 1.95. The molecule has 0 aromatic carbocycles. The fourth-order valence-corrected chi connectivity index (χ4v) is 0.597. The molecule has 10 heavy (non-hydrogen) atoms. The molecule has 0 unspecified atom stereocenters. The van der Waals surface area contributed by atoms with E-state index in [0.29, 0.717) is 0 Å². The number of pyridine rings is 1. The molecule has 0 amide bonds. The monoisotopic (exact) mass is 245 g/mol. The van der Waals surface area contributed by atoms with Gasteiger partial charge in [-0.1, -0.05) is 5.92 Å². The zero-order chi connectivity index (χ0) is 6.69. The van der Waals surface area contributed by atoms with E-state index in [0.717, 1.165) is 5.56 Å². The minimum atomic E-state index is 0. The number of aromatic nitrogens is 1. The van der Waals surface area contributed by atoms with E-state index < -0.39 is 0 Å². The van der Waals surface area contributed by atoms with Crippen molar-refractivity contribution in [3.63, 3.8) is 0 Å². The molecule has 0 aliphatic heterocycles.